The fourth-order valence-electron chi connectivity index (χ4n) is 2.68. The molecule has 0 spiro atoms. The Kier molecular flexibility index (Phi) is 6.41. The summed E-state index contributed by atoms with van der Waals surface area (Å²) < 4.78 is 7.86. The normalized spacial score (nSPS) is 10.9. The van der Waals surface area contributed by atoms with E-state index in [4.69, 9.17) is 27.9 Å². The first-order valence-electron chi connectivity index (χ1n) is 8.07. The van der Waals surface area contributed by atoms with Gasteiger partial charge >= 0.3 is 5.97 Å². The van der Waals surface area contributed by atoms with Gasteiger partial charge in [-0.25, -0.2) is 9.78 Å². The van der Waals surface area contributed by atoms with E-state index < -0.39 is 12.6 Å². The van der Waals surface area contributed by atoms with Crippen LogP contribution in [0.1, 0.15) is 23.1 Å². The SMILES string of the molecule is CCOC(=O)c1nc(-c2ccc(Cl)cc2Cl)n(-c2ccc(I)cc2)c1CO. The van der Waals surface area contributed by atoms with Gasteiger partial charge in [0.1, 0.15) is 5.82 Å². The highest BCUT2D eigenvalue weighted by molar-refractivity contribution is 14.1. The Labute approximate surface area is 180 Å². The number of carbonyl (C=O) groups is 1. The van der Waals surface area contributed by atoms with Crippen LogP contribution in [0.3, 0.4) is 0 Å². The topological polar surface area (TPSA) is 64.3 Å². The second kappa shape index (κ2) is 8.60. The van der Waals surface area contributed by atoms with E-state index in [2.05, 4.69) is 27.6 Å². The highest BCUT2D eigenvalue weighted by atomic mass is 127. The van der Waals surface area contributed by atoms with Crippen LogP contribution in [-0.4, -0.2) is 27.2 Å². The van der Waals surface area contributed by atoms with Crippen LogP contribution in [0.2, 0.25) is 10.0 Å². The highest BCUT2D eigenvalue weighted by Crippen LogP contribution is 2.33. The van der Waals surface area contributed by atoms with Gasteiger partial charge in [0.25, 0.3) is 0 Å². The molecule has 8 heteroatoms. The van der Waals surface area contributed by atoms with Gasteiger partial charge in [0.05, 0.1) is 23.9 Å². The molecule has 0 radical (unpaired) electrons. The summed E-state index contributed by atoms with van der Waals surface area (Å²) in [5.74, 6) is -0.179. The van der Waals surface area contributed by atoms with Gasteiger partial charge in [-0.15, -0.1) is 0 Å². The van der Waals surface area contributed by atoms with Gasteiger partial charge in [0.2, 0.25) is 0 Å². The zero-order valence-electron chi connectivity index (χ0n) is 14.2. The van der Waals surface area contributed by atoms with Crippen LogP contribution in [0.5, 0.6) is 0 Å². The summed E-state index contributed by atoms with van der Waals surface area (Å²) in [7, 11) is 0. The van der Waals surface area contributed by atoms with Gasteiger partial charge < -0.3 is 9.84 Å². The van der Waals surface area contributed by atoms with Crippen molar-refractivity contribution >= 4 is 51.8 Å². The monoisotopic (exact) mass is 516 g/mol. The molecule has 0 aliphatic rings. The van der Waals surface area contributed by atoms with Crippen LogP contribution in [0.15, 0.2) is 42.5 Å². The quantitative estimate of drug-likeness (QED) is 0.377. The predicted molar refractivity (Wildman–Crippen MR) is 114 cm³/mol. The van der Waals surface area contributed by atoms with Gasteiger partial charge in [-0.1, -0.05) is 23.2 Å². The zero-order valence-corrected chi connectivity index (χ0v) is 17.9. The molecule has 1 N–H and O–H groups in total. The van der Waals surface area contributed by atoms with E-state index in [0.717, 1.165) is 9.26 Å². The Morgan fingerprint density at radius 1 is 1.22 bits per heavy atom. The van der Waals surface area contributed by atoms with Crippen molar-refractivity contribution in [2.45, 2.75) is 13.5 Å². The van der Waals surface area contributed by atoms with Crippen molar-refractivity contribution in [3.8, 4) is 17.1 Å². The molecule has 5 nitrogen and oxygen atoms in total. The third-order valence-electron chi connectivity index (χ3n) is 3.85. The van der Waals surface area contributed by atoms with Crippen molar-refractivity contribution in [2.75, 3.05) is 6.61 Å². The molecule has 140 valence electrons. The zero-order chi connectivity index (χ0) is 19.6. The number of ether oxygens (including phenoxy) is 1. The van der Waals surface area contributed by atoms with E-state index in [1.54, 1.807) is 29.7 Å². The van der Waals surface area contributed by atoms with Crippen LogP contribution in [-0.2, 0) is 11.3 Å². The molecule has 0 bridgehead atoms. The fraction of sp³-hybridized carbons (Fsp3) is 0.158. The molecule has 0 saturated heterocycles. The van der Waals surface area contributed by atoms with Crippen LogP contribution < -0.4 is 0 Å². The van der Waals surface area contributed by atoms with Crippen molar-refractivity contribution in [3.05, 3.63) is 67.5 Å². The van der Waals surface area contributed by atoms with Crippen LogP contribution in [0, 0.1) is 3.57 Å². The predicted octanol–water partition coefficient (Wildman–Crippen LogP) is 5.12. The second-order valence-electron chi connectivity index (χ2n) is 5.55. The summed E-state index contributed by atoms with van der Waals surface area (Å²) in [5.41, 5.74) is 1.71. The first-order valence-corrected chi connectivity index (χ1v) is 9.90. The van der Waals surface area contributed by atoms with Crippen LogP contribution >= 0.6 is 45.8 Å². The molecule has 27 heavy (non-hydrogen) atoms. The Morgan fingerprint density at radius 2 is 1.93 bits per heavy atom. The lowest BCUT2D eigenvalue weighted by molar-refractivity contribution is 0.0516. The number of aromatic nitrogens is 2. The molecule has 0 saturated carbocycles. The van der Waals surface area contributed by atoms with Gasteiger partial charge in [0.15, 0.2) is 5.69 Å². The molecule has 3 rings (SSSR count). The summed E-state index contributed by atoms with van der Waals surface area (Å²) in [6.07, 6.45) is 0. The van der Waals surface area contributed by atoms with Gasteiger partial charge in [-0.3, -0.25) is 4.57 Å². The van der Waals surface area contributed by atoms with Gasteiger partial charge in [-0.2, -0.15) is 0 Å². The number of hydrogen-bond donors (Lipinski definition) is 1. The number of rotatable bonds is 5. The molecule has 3 aromatic rings. The molecule has 1 heterocycles. The van der Waals surface area contributed by atoms with Crippen LogP contribution in [0.4, 0.5) is 0 Å². The molecule has 0 aliphatic carbocycles. The van der Waals surface area contributed by atoms with E-state index >= 15 is 0 Å². The average molecular weight is 517 g/mol. The summed E-state index contributed by atoms with van der Waals surface area (Å²) in [6, 6.07) is 12.6. The number of nitrogens with zero attached hydrogens (tertiary/aromatic N) is 2. The largest absolute Gasteiger partial charge is 0.461 e. The van der Waals surface area contributed by atoms with Crippen molar-refractivity contribution in [1.82, 2.24) is 9.55 Å². The molecule has 0 atom stereocenters. The van der Waals surface area contributed by atoms with Crippen LogP contribution in [0.25, 0.3) is 17.1 Å². The first-order chi connectivity index (χ1) is 13.0. The number of halogens is 3. The highest BCUT2D eigenvalue weighted by Gasteiger charge is 2.25. The third-order valence-corrected chi connectivity index (χ3v) is 5.12. The lowest BCUT2D eigenvalue weighted by Gasteiger charge is -2.12. The molecule has 1 aromatic heterocycles. The standard InChI is InChI=1S/C19H15Cl2IN2O3/c1-2-27-19(26)17-16(10-25)24(13-6-4-12(22)5-7-13)18(23-17)14-8-3-11(20)9-15(14)21/h3-9,25H,2,10H2,1H3. The summed E-state index contributed by atoms with van der Waals surface area (Å²) in [4.78, 5) is 16.8. The van der Waals surface area contributed by atoms with E-state index in [1.165, 1.54) is 0 Å². The fourth-order valence-corrected chi connectivity index (χ4v) is 3.54. The minimum atomic E-state index is -0.600. The van der Waals surface area contributed by atoms with Crippen molar-refractivity contribution in [2.24, 2.45) is 0 Å². The minimum Gasteiger partial charge on any atom is -0.461 e. The number of benzene rings is 2. The molecule has 0 unspecified atom stereocenters. The van der Waals surface area contributed by atoms with E-state index in [-0.39, 0.29) is 12.3 Å². The molecule has 2 aromatic carbocycles. The maximum Gasteiger partial charge on any atom is 0.358 e. The smallest absolute Gasteiger partial charge is 0.358 e. The number of imidazole rings is 1. The maximum absolute atomic E-state index is 12.4. The average Bonchev–Trinajstić information content (AvgIpc) is 3.02. The van der Waals surface area contributed by atoms with Gasteiger partial charge in [0, 0.05) is 19.8 Å². The molecular weight excluding hydrogens is 502 g/mol. The molecule has 0 amide bonds. The first kappa shape index (κ1) is 20.1. The lowest BCUT2D eigenvalue weighted by Crippen LogP contribution is -2.10. The number of carbonyl (C=O) groups excluding carboxylic acids is 1. The lowest BCUT2D eigenvalue weighted by atomic mass is 10.2. The number of aliphatic hydroxyl groups is 1. The van der Waals surface area contributed by atoms with Crippen molar-refractivity contribution in [3.63, 3.8) is 0 Å². The summed E-state index contributed by atoms with van der Waals surface area (Å²) in [5, 5.41) is 10.9. The summed E-state index contributed by atoms with van der Waals surface area (Å²) >= 11 is 14.6. The molecule has 0 aliphatic heterocycles. The number of aliphatic hydroxyl groups excluding tert-OH is 1. The maximum atomic E-state index is 12.4. The minimum absolute atomic E-state index is 0.0546. The van der Waals surface area contributed by atoms with Crippen molar-refractivity contribution in [1.29, 1.82) is 0 Å². The Hall–Kier alpha value is -1.61. The number of esters is 1. The molecule has 0 fully saturated rings. The molecular formula is C19H15Cl2IN2O3. The van der Waals surface area contributed by atoms with E-state index in [1.807, 2.05) is 24.3 Å². The Balaban J connectivity index is 2.30. The van der Waals surface area contributed by atoms with Crippen molar-refractivity contribution < 1.29 is 14.6 Å². The third kappa shape index (κ3) is 4.13. The second-order valence-corrected chi connectivity index (χ2v) is 7.63. The van der Waals surface area contributed by atoms with Gasteiger partial charge in [-0.05, 0) is 72.0 Å². The van der Waals surface area contributed by atoms with E-state index in [0.29, 0.717) is 27.1 Å². The summed E-state index contributed by atoms with van der Waals surface area (Å²) in [6.45, 7) is 1.53. The number of hydrogen-bond acceptors (Lipinski definition) is 4. The Bertz CT molecular complexity index is 987. The Morgan fingerprint density at radius 3 is 2.52 bits per heavy atom. The van der Waals surface area contributed by atoms with E-state index in [9.17, 15) is 9.90 Å².